The Morgan fingerprint density at radius 1 is 1.73 bits per heavy atom. The summed E-state index contributed by atoms with van der Waals surface area (Å²) in [5, 5.41) is 0. The second-order valence-corrected chi connectivity index (χ2v) is 2.46. The topological polar surface area (TPSA) is 78.0 Å². The Hall–Kier alpha value is -1.17. The third-order valence-corrected chi connectivity index (χ3v) is 1.70. The zero-order valence-electron chi connectivity index (χ0n) is 5.32. The van der Waals surface area contributed by atoms with Crippen molar-refractivity contribution in [1.82, 2.24) is 8.58 Å². The number of halogens is 1. The first-order valence-corrected chi connectivity index (χ1v) is 3.38. The molecule has 0 bridgehead atoms. The van der Waals surface area contributed by atoms with E-state index < -0.39 is 5.91 Å². The summed E-state index contributed by atoms with van der Waals surface area (Å²) >= 11 is 2.82. The number of rotatable bonds is 1. The van der Waals surface area contributed by atoms with Crippen LogP contribution in [0.15, 0.2) is 17.1 Å². The van der Waals surface area contributed by atoms with E-state index in [1.165, 1.54) is 12.3 Å². The maximum absolute atomic E-state index is 10.8. The Morgan fingerprint density at radius 2 is 2.36 bits per heavy atom. The minimum Gasteiger partial charge on any atom is -0.363 e. The number of aromatic nitrogens is 2. The Labute approximate surface area is 70.2 Å². The van der Waals surface area contributed by atoms with Crippen LogP contribution >= 0.6 is 16.1 Å². The molecule has 6 heteroatoms. The lowest BCUT2D eigenvalue weighted by Crippen LogP contribution is -2.24. The lowest BCUT2D eigenvalue weighted by Gasteiger charge is -1.97. The van der Waals surface area contributed by atoms with Gasteiger partial charge >= 0.3 is 0 Å². The molecule has 2 N–H and O–H groups in total. The van der Waals surface area contributed by atoms with Crippen LogP contribution in [0.1, 0.15) is 10.6 Å². The van der Waals surface area contributed by atoms with Gasteiger partial charge in [-0.1, -0.05) is 0 Å². The van der Waals surface area contributed by atoms with Crippen LogP contribution in [0.2, 0.25) is 0 Å². The van der Waals surface area contributed by atoms with Crippen molar-refractivity contribution in [1.29, 1.82) is 0 Å². The van der Waals surface area contributed by atoms with Crippen LogP contribution in [0.5, 0.6) is 0 Å². The SMILES string of the molecule is NC(=O)c1nccc(=O)n1Br. The molecular weight excluding hydrogens is 214 g/mol. The van der Waals surface area contributed by atoms with Gasteiger partial charge in [0, 0.05) is 12.3 Å². The lowest BCUT2D eigenvalue weighted by atomic mass is 10.5. The van der Waals surface area contributed by atoms with E-state index in [1.54, 1.807) is 0 Å². The molecule has 11 heavy (non-hydrogen) atoms. The van der Waals surface area contributed by atoms with Gasteiger partial charge in [0.05, 0.1) is 16.1 Å². The van der Waals surface area contributed by atoms with Gasteiger partial charge < -0.3 is 5.73 Å². The molecular formula is C5H4BrN3O2. The van der Waals surface area contributed by atoms with Crippen molar-refractivity contribution >= 4 is 22.1 Å². The standard InChI is InChI=1S/C5H4BrN3O2/c6-9-3(10)1-2-8-5(9)4(7)11/h1-2H,(H2,7,11). The van der Waals surface area contributed by atoms with Crippen molar-refractivity contribution in [3.8, 4) is 0 Å². The van der Waals surface area contributed by atoms with E-state index in [-0.39, 0.29) is 11.4 Å². The Balaban J connectivity index is 3.39. The molecule has 1 rings (SSSR count). The highest BCUT2D eigenvalue weighted by Crippen LogP contribution is 1.92. The highest BCUT2D eigenvalue weighted by Gasteiger charge is 2.06. The van der Waals surface area contributed by atoms with Gasteiger partial charge in [0.1, 0.15) is 0 Å². The van der Waals surface area contributed by atoms with Crippen molar-refractivity contribution < 1.29 is 4.79 Å². The number of hydrogen-bond acceptors (Lipinski definition) is 3. The molecule has 0 aromatic carbocycles. The van der Waals surface area contributed by atoms with Crippen molar-refractivity contribution in [3.63, 3.8) is 0 Å². The van der Waals surface area contributed by atoms with Crippen molar-refractivity contribution in [2.45, 2.75) is 0 Å². The number of amides is 1. The zero-order valence-corrected chi connectivity index (χ0v) is 6.91. The van der Waals surface area contributed by atoms with Crippen molar-refractivity contribution in [2.75, 3.05) is 0 Å². The van der Waals surface area contributed by atoms with Gasteiger partial charge in [-0.2, -0.15) is 0 Å². The predicted molar refractivity (Wildman–Crippen MR) is 41.3 cm³/mol. The molecule has 0 saturated carbocycles. The number of nitrogens with zero attached hydrogens (tertiary/aromatic N) is 2. The van der Waals surface area contributed by atoms with E-state index in [1.807, 2.05) is 0 Å². The summed E-state index contributed by atoms with van der Waals surface area (Å²) in [4.78, 5) is 24.9. The summed E-state index contributed by atoms with van der Waals surface area (Å²) in [5.41, 5.74) is 4.51. The van der Waals surface area contributed by atoms with Crippen LogP contribution in [0.3, 0.4) is 0 Å². The van der Waals surface area contributed by atoms with Crippen LogP contribution in [0.4, 0.5) is 0 Å². The van der Waals surface area contributed by atoms with Gasteiger partial charge in [0.15, 0.2) is 0 Å². The summed E-state index contributed by atoms with van der Waals surface area (Å²) < 4.78 is 0.912. The molecule has 0 unspecified atom stereocenters. The molecule has 0 radical (unpaired) electrons. The third-order valence-electron chi connectivity index (χ3n) is 1.01. The number of primary amides is 1. The van der Waals surface area contributed by atoms with Crippen LogP contribution in [0, 0.1) is 0 Å². The number of nitrogens with two attached hydrogens (primary N) is 1. The van der Waals surface area contributed by atoms with E-state index in [9.17, 15) is 9.59 Å². The number of carbonyl (C=O) groups excluding carboxylic acids is 1. The molecule has 0 atom stereocenters. The maximum Gasteiger partial charge on any atom is 0.285 e. The van der Waals surface area contributed by atoms with E-state index in [2.05, 4.69) is 21.1 Å². The Morgan fingerprint density at radius 3 is 2.82 bits per heavy atom. The summed E-state index contributed by atoms with van der Waals surface area (Å²) in [6.45, 7) is 0. The molecule has 1 aromatic rings. The highest BCUT2D eigenvalue weighted by molar-refractivity contribution is 9.08. The first-order valence-electron chi connectivity index (χ1n) is 2.67. The van der Waals surface area contributed by atoms with Crippen molar-refractivity contribution in [2.24, 2.45) is 5.73 Å². The molecule has 1 aromatic heterocycles. The van der Waals surface area contributed by atoms with Crippen molar-refractivity contribution in [3.05, 3.63) is 28.4 Å². The monoisotopic (exact) mass is 217 g/mol. The molecule has 0 aliphatic heterocycles. The first kappa shape index (κ1) is 7.93. The van der Waals surface area contributed by atoms with Gasteiger partial charge in [-0.3, -0.25) is 9.59 Å². The normalized spacial score (nSPS) is 9.55. The fourth-order valence-electron chi connectivity index (χ4n) is 0.553. The van der Waals surface area contributed by atoms with Crippen LogP contribution < -0.4 is 11.3 Å². The lowest BCUT2D eigenvalue weighted by molar-refractivity contribution is 0.0989. The van der Waals surface area contributed by atoms with Crippen LogP contribution in [-0.4, -0.2) is 14.5 Å². The molecule has 5 nitrogen and oxygen atoms in total. The fourth-order valence-corrected chi connectivity index (χ4v) is 0.937. The molecule has 0 fully saturated rings. The second-order valence-electron chi connectivity index (χ2n) is 1.75. The van der Waals surface area contributed by atoms with Crippen LogP contribution in [0.25, 0.3) is 0 Å². The Kier molecular flexibility index (Phi) is 2.04. The van der Waals surface area contributed by atoms with E-state index >= 15 is 0 Å². The molecule has 0 saturated heterocycles. The highest BCUT2D eigenvalue weighted by atomic mass is 79.9. The van der Waals surface area contributed by atoms with Gasteiger partial charge in [-0.25, -0.2) is 8.58 Å². The molecule has 0 aliphatic rings. The molecule has 1 amide bonds. The quantitative estimate of drug-likeness (QED) is 0.690. The molecule has 0 spiro atoms. The third kappa shape index (κ3) is 1.45. The van der Waals surface area contributed by atoms with Gasteiger partial charge in [-0.05, 0) is 0 Å². The number of hydrogen-bond donors (Lipinski definition) is 1. The predicted octanol–water partition coefficient (Wildman–Crippen LogP) is -0.500. The fraction of sp³-hybridized carbons (Fsp3) is 0. The average molecular weight is 218 g/mol. The summed E-state index contributed by atoms with van der Waals surface area (Å²) in [6.07, 6.45) is 1.22. The van der Waals surface area contributed by atoms with Gasteiger partial charge in [0.2, 0.25) is 5.82 Å². The summed E-state index contributed by atoms with van der Waals surface area (Å²) in [7, 11) is 0. The summed E-state index contributed by atoms with van der Waals surface area (Å²) in [6, 6.07) is 1.21. The number of carbonyl (C=O) groups is 1. The minimum atomic E-state index is -0.750. The van der Waals surface area contributed by atoms with E-state index in [4.69, 9.17) is 5.73 Å². The summed E-state index contributed by atoms with van der Waals surface area (Å²) in [5.74, 6) is -0.864. The molecule has 0 aliphatic carbocycles. The van der Waals surface area contributed by atoms with Gasteiger partial charge in [0.25, 0.3) is 11.5 Å². The molecule has 58 valence electrons. The minimum absolute atomic E-state index is 0.113. The second kappa shape index (κ2) is 2.83. The molecule has 1 heterocycles. The maximum atomic E-state index is 10.8. The Bertz CT molecular complexity index is 346. The average Bonchev–Trinajstić information content (AvgIpc) is 1.94. The van der Waals surface area contributed by atoms with Crippen LogP contribution in [-0.2, 0) is 0 Å². The smallest absolute Gasteiger partial charge is 0.285 e. The van der Waals surface area contributed by atoms with Gasteiger partial charge in [-0.15, -0.1) is 0 Å². The first-order chi connectivity index (χ1) is 5.13. The largest absolute Gasteiger partial charge is 0.363 e. The van der Waals surface area contributed by atoms with E-state index in [0.717, 1.165) is 3.59 Å². The zero-order chi connectivity index (χ0) is 8.43. The van der Waals surface area contributed by atoms with E-state index in [0.29, 0.717) is 0 Å².